The molecule has 0 fully saturated rings. The number of benzene rings is 1. The van der Waals surface area contributed by atoms with Gasteiger partial charge in [-0.05, 0) is 48.7 Å². The van der Waals surface area contributed by atoms with Gasteiger partial charge in [0.1, 0.15) is 11.6 Å². The minimum Gasteiger partial charge on any atom is -0.508 e. The van der Waals surface area contributed by atoms with Gasteiger partial charge >= 0.3 is 5.97 Å². The van der Waals surface area contributed by atoms with E-state index in [1.54, 1.807) is 18.2 Å². The molecule has 0 saturated carbocycles. The number of hydrogen-bond acceptors (Lipinski definition) is 5. The summed E-state index contributed by atoms with van der Waals surface area (Å²) in [5.74, 6) is 0.781. The molecule has 0 saturated heterocycles. The molecule has 0 spiro atoms. The summed E-state index contributed by atoms with van der Waals surface area (Å²) in [6.45, 7) is 3.44. The summed E-state index contributed by atoms with van der Waals surface area (Å²) in [5.41, 5.74) is 3.58. The van der Waals surface area contributed by atoms with Gasteiger partial charge in [0, 0.05) is 13.1 Å². The third kappa shape index (κ3) is 3.25. The van der Waals surface area contributed by atoms with Crippen LogP contribution in [0.15, 0.2) is 42.5 Å². The second-order valence-electron chi connectivity index (χ2n) is 5.77. The third-order valence-electron chi connectivity index (χ3n) is 4.25. The van der Waals surface area contributed by atoms with Gasteiger partial charge in [0.25, 0.3) is 0 Å². The maximum atomic E-state index is 11.6. The van der Waals surface area contributed by atoms with Crippen LogP contribution in [0.4, 0.5) is 5.82 Å². The lowest BCUT2D eigenvalue weighted by Gasteiger charge is -2.28. The summed E-state index contributed by atoms with van der Waals surface area (Å²) in [6.07, 6.45) is 3.09. The molecule has 1 aliphatic rings. The van der Waals surface area contributed by atoms with Crippen LogP contribution in [0.1, 0.15) is 28.0 Å². The summed E-state index contributed by atoms with van der Waals surface area (Å²) < 4.78 is 4.75. The minimum atomic E-state index is -0.361. The molecule has 1 aromatic carbocycles. The maximum absolute atomic E-state index is 11.6. The molecule has 1 aromatic heterocycles. The van der Waals surface area contributed by atoms with Crippen LogP contribution in [0.25, 0.3) is 5.57 Å². The van der Waals surface area contributed by atoms with Crippen LogP contribution in [0.3, 0.4) is 0 Å². The molecule has 5 heteroatoms. The Labute approximate surface area is 141 Å². The molecule has 0 amide bonds. The van der Waals surface area contributed by atoms with E-state index in [1.807, 2.05) is 25.1 Å². The van der Waals surface area contributed by atoms with Crippen LogP contribution in [-0.2, 0) is 4.74 Å². The highest BCUT2D eigenvalue weighted by molar-refractivity contribution is 5.90. The van der Waals surface area contributed by atoms with Crippen molar-refractivity contribution < 1.29 is 14.6 Å². The van der Waals surface area contributed by atoms with E-state index in [0.29, 0.717) is 11.3 Å². The number of nitrogens with zero attached hydrogens (tertiary/aromatic N) is 2. The zero-order valence-electron chi connectivity index (χ0n) is 13.8. The maximum Gasteiger partial charge on any atom is 0.339 e. The quantitative estimate of drug-likeness (QED) is 0.879. The zero-order valence-corrected chi connectivity index (χ0v) is 13.8. The Morgan fingerprint density at radius 1 is 1.21 bits per heavy atom. The van der Waals surface area contributed by atoms with Gasteiger partial charge in [-0.1, -0.05) is 18.2 Å². The molecular formula is C19H20N2O3. The van der Waals surface area contributed by atoms with Crippen molar-refractivity contribution in [1.82, 2.24) is 4.98 Å². The monoisotopic (exact) mass is 324 g/mol. The molecule has 1 aliphatic heterocycles. The number of aryl methyl sites for hydroxylation is 1. The lowest BCUT2D eigenvalue weighted by molar-refractivity contribution is 0.0599. The SMILES string of the molecule is COC(=O)c1ccc(N2CC=C(c3ccc(O)cc3)CC2)nc1C. The summed E-state index contributed by atoms with van der Waals surface area (Å²) in [7, 11) is 1.37. The van der Waals surface area contributed by atoms with E-state index < -0.39 is 0 Å². The number of methoxy groups -OCH3 is 1. The number of ether oxygens (including phenoxy) is 1. The molecular weight excluding hydrogens is 304 g/mol. The molecule has 3 rings (SSSR count). The number of carbonyl (C=O) groups excluding carboxylic acids is 1. The zero-order chi connectivity index (χ0) is 17.1. The first-order chi connectivity index (χ1) is 11.6. The third-order valence-corrected chi connectivity index (χ3v) is 4.25. The lowest BCUT2D eigenvalue weighted by atomic mass is 9.99. The van der Waals surface area contributed by atoms with E-state index in [-0.39, 0.29) is 11.7 Å². The summed E-state index contributed by atoms with van der Waals surface area (Å²) >= 11 is 0. The number of rotatable bonds is 3. The standard InChI is InChI=1S/C19H20N2O3/c1-13-17(19(23)24-2)7-8-18(20-13)21-11-9-15(10-12-21)14-3-5-16(22)6-4-14/h3-9,22H,10-12H2,1-2H3. The van der Waals surface area contributed by atoms with E-state index in [4.69, 9.17) is 4.74 Å². The summed E-state index contributed by atoms with van der Waals surface area (Å²) in [5, 5.41) is 9.38. The normalized spacial score (nSPS) is 14.2. The van der Waals surface area contributed by atoms with Gasteiger partial charge in [0.05, 0.1) is 18.4 Å². The van der Waals surface area contributed by atoms with Gasteiger partial charge in [-0.3, -0.25) is 0 Å². The fourth-order valence-electron chi connectivity index (χ4n) is 2.86. The Hall–Kier alpha value is -2.82. The fraction of sp³-hybridized carbons (Fsp3) is 0.263. The van der Waals surface area contributed by atoms with Gasteiger partial charge in [-0.25, -0.2) is 9.78 Å². The van der Waals surface area contributed by atoms with E-state index in [0.717, 1.165) is 30.9 Å². The Bertz CT molecular complexity index is 782. The number of anilines is 1. The molecule has 0 atom stereocenters. The lowest BCUT2D eigenvalue weighted by Crippen LogP contribution is -2.29. The van der Waals surface area contributed by atoms with Crippen molar-refractivity contribution in [2.45, 2.75) is 13.3 Å². The molecule has 2 heterocycles. The number of hydrogen-bond donors (Lipinski definition) is 1. The van der Waals surface area contributed by atoms with Crippen LogP contribution in [-0.4, -0.2) is 36.3 Å². The number of pyridine rings is 1. The van der Waals surface area contributed by atoms with E-state index in [1.165, 1.54) is 12.7 Å². The Balaban J connectivity index is 1.75. The summed E-state index contributed by atoms with van der Waals surface area (Å²) in [4.78, 5) is 18.4. The van der Waals surface area contributed by atoms with Crippen LogP contribution < -0.4 is 4.90 Å². The topological polar surface area (TPSA) is 62.7 Å². The highest BCUT2D eigenvalue weighted by Crippen LogP contribution is 2.26. The molecule has 0 unspecified atom stereocenters. The van der Waals surface area contributed by atoms with Crippen molar-refractivity contribution >= 4 is 17.4 Å². The minimum absolute atomic E-state index is 0.280. The molecule has 2 aromatic rings. The molecule has 1 N–H and O–H groups in total. The largest absolute Gasteiger partial charge is 0.508 e. The molecule has 0 aliphatic carbocycles. The molecule has 24 heavy (non-hydrogen) atoms. The number of phenols is 1. The van der Waals surface area contributed by atoms with Crippen molar-refractivity contribution in [3.63, 3.8) is 0 Å². The second kappa shape index (κ2) is 6.74. The predicted octanol–water partition coefficient (Wildman–Crippen LogP) is 3.18. The number of esters is 1. The van der Waals surface area contributed by atoms with Crippen LogP contribution in [0.5, 0.6) is 5.75 Å². The van der Waals surface area contributed by atoms with E-state index in [9.17, 15) is 9.90 Å². The summed E-state index contributed by atoms with van der Waals surface area (Å²) in [6, 6.07) is 10.9. The van der Waals surface area contributed by atoms with Crippen molar-refractivity contribution in [2.75, 3.05) is 25.1 Å². The van der Waals surface area contributed by atoms with Crippen LogP contribution in [0.2, 0.25) is 0 Å². The van der Waals surface area contributed by atoms with Gasteiger partial charge < -0.3 is 14.7 Å². The van der Waals surface area contributed by atoms with Crippen molar-refractivity contribution in [3.8, 4) is 5.75 Å². The average molecular weight is 324 g/mol. The van der Waals surface area contributed by atoms with Crippen molar-refractivity contribution in [3.05, 3.63) is 59.3 Å². The molecule has 0 radical (unpaired) electrons. The molecule has 0 bridgehead atoms. The number of carbonyl (C=O) groups is 1. The molecule has 5 nitrogen and oxygen atoms in total. The van der Waals surface area contributed by atoms with Crippen molar-refractivity contribution in [2.24, 2.45) is 0 Å². The van der Waals surface area contributed by atoms with Crippen LogP contribution in [0, 0.1) is 6.92 Å². The van der Waals surface area contributed by atoms with E-state index in [2.05, 4.69) is 16.0 Å². The smallest absolute Gasteiger partial charge is 0.339 e. The first kappa shape index (κ1) is 16.1. The fourth-order valence-corrected chi connectivity index (χ4v) is 2.86. The number of phenolic OH excluding ortho intramolecular Hbond substituents is 1. The van der Waals surface area contributed by atoms with Gasteiger partial charge in [0.2, 0.25) is 0 Å². The number of aromatic hydroxyl groups is 1. The average Bonchev–Trinajstić information content (AvgIpc) is 2.62. The Morgan fingerprint density at radius 3 is 2.54 bits per heavy atom. The Morgan fingerprint density at radius 2 is 1.96 bits per heavy atom. The first-order valence-corrected chi connectivity index (χ1v) is 7.88. The second-order valence-corrected chi connectivity index (χ2v) is 5.77. The van der Waals surface area contributed by atoms with E-state index >= 15 is 0 Å². The van der Waals surface area contributed by atoms with Gasteiger partial charge in [-0.2, -0.15) is 0 Å². The predicted molar refractivity (Wildman–Crippen MR) is 93.2 cm³/mol. The molecule has 124 valence electrons. The first-order valence-electron chi connectivity index (χ1n) is 7.88. The number of aromatic nitrogens is 1. The van der Waals surface area contributed by atoms with Gasteiger partial charge in [0.15, 0.2) is 0 Å². The Kier molecular flexibility index (Phi) is 4.51. The van der Waals surface area contributed by atoms with Crippen LogP contribution >= 0.6 is 0 Å². The highest BCUT2D eigenvalue weighted by Gasteiger charge is 2.17. The highest BCUT2D eigenvalue weighted by atomic mass is 16.5. The van der Waals surface area contributed by atoms with Crippen molar-refractivity contribution in [1.29, 1.82) is 0 Å². The van der Waals surface area contributed by atoms with Gasteiger partial charge in [-0.15, -0.1) is 0 Å².